The SMILES string of the molecule is CC(C)NCC(C)(C)CCS(=O)(=O)C(C)(C)C. The van der Waals surface area contributed by atoms with Gasteiger partial charge in [-0.1, -0.05) is 27.7 Å². The van der Waals surface area contributed by atoms with Crippen LogP contribution in [0.2, 0.25) is 0 Å². The predicted molar refractivity (Wildman–Crippen MR) is 75.1 cm³/mol. The van der Waals surface area contributed by atoms with Crippen LogP contribution >= 0.6 is 0 Å². The van der Waals surface area contributed by atoms with E-state index in [9.17, 15) is 8.42 Å². The van der Waals surface area contributed by atoms with Crippen LogP contribution in [-0.4, -0.2) is 31.5 Å². The highest BCUT2D eigenvalue weighted by Crippen LogP contribution is 2.24. The second-order valence-corrected chi connectivity index (χ2v) is 9.74. The maximum atomic E-state index is 12.0. The van der Waals surface area contributed by atoms with Gasteiger partial charge in [-0.2, -0.15) is 0 Å². The molecule has 0 aromatic carbocycles. The molecule has 0 saturated heterocycles. The second-order valence-electron chi connectivity index (χ2n) is 6.88. The zero-order chi connectivity index (χ0) is 13.9. The Kier molecular flexibility index (Phi) is 5.67. The molecule has 0 amide bonds. The Hall–Kier alpha value is -0.0900. The van der Waals surface area contributed by atoms with Gasteiger partial charge in [-0.25, -0.2) is 8.42 Å². The van der Waals surface area contributed by atoms with Gasteiger partial charge in [0, 0.05) is 12.6 Å². The van der Waals surface area contributed by atoms with Crippen LogP contribution in [0.25, 0.3) is 0 Å². The van der Waals surface area contributed by atoms with Crippen LogP contribution in [0, 0.1) is 5.41 Å². The summed E-state index contributed by atoms with van der Waals surface area (Å²) in [5, 5.41) is 3.37. The Balaban J connectivity index is 4.37. The van der Waals surface area contributed by atoms with Crippen LogP contribution < -0.4 is 5.32 Å². The molecule has 0 rings (SSSR count). The number of nitrogens with one attached hydrogen (secondary N) is 1. The van der Waals surface area contributed by atoms with Crippen LogP contribution in [0.4, 0.5) is 0 Å². The maximum absolute atomic E-state index is 12.0. The first-order valence-electron chi connectivity index (χ1n) is 6.33. The summed E-state index contributed by atoms with van der Waals surface area (Å²) in [7, 11) is -3.00. The largest absolute Gasteiger partial charge is 0.314 e. The van der Waals surface area contributed by atoms with E-state index in [-0.39, 0.29) is 11.2 Å². The van der Waals surface area contributed by atoms with Crippen LogP contribution in [0.5, 0.6) is 0 Å². The van der Waals surface area contributed by atoms with Crippen LogP contribution in [0.15, 0.2) is 0 Å². The molecular weight excluding hydrogens is 234 g/mol. The topological polar surface area (TPSA) is 46.2 Å². The molecule has 0 fully saturated rings. The Morgan fingerprint density at radius 2 is 1.53 bits per heavy atom. The van der Waals surface area contributed by atoms with Gasteiger partial charge in [-0.3, -0.25) is 0 Å². The Morgan fingerprint density at radius 3 is 1.88 bits per heavy atom. The highest BCUT2D eigenvalue weighted by molar-refractivity contribution is 7.92. The Morgan fingerprint density at radius 1 is 1.06 bits per heavy atom. The molecule has 0 atom stereocenters. The van der Waals surface area contributed by atoms with Crippen molar-refractivity contribution in [1.82, 2.24) is 5.32 Å². The highest BCUT2D eigenvalue weighted by atomic mass is 32.2. The molecule has 0 aliphatic heterocycles. The molecule has 17 heavy (non-hydrogen) atoms. The summed E-state index contributed by atoms with van der Waals surface area (Å²) < 4.78 is 23.4. The lowest BCUT2D eigenvalue weighted by molar-refractivity contribution is 0.316. The van der Waals surface area contributed by atoms with Crippen molar-refractivity contribution in [1.29, 1.82) is 0 Å². The minimum absolute atomic E-state index is 0.0165. The van der Waals surface area contributed by atoms with E-state index >= 15 is 0 Å². The zero-order valence-corrected chi connectivity index (χ0v) is 13.2. The minimum Gasteiger partial charge on any atom is -0.314 e. The molecule has 0 heterocycles. The van der Waals surface area contributed by atoms with Crippen molar-refractivity contribution in [3.8, 4) is 0 Å². The first kappa shape index (κ1) is 16.9. The summed E-state index contributed by atoms with van der Waals surface area (Å²) in [5.41, 5.74) is 0.0165. The smallest absolute Gasteiger partial charge is 0.155 e. The quantitative estimate of drug-likeness (QED) is 0.801. The first-order chi connectivity index (χ1) is 7.37. The Labute approximate surface area is 107 Å². The molecule has 1 N–H and O–H groups in total. The van der Waals surface area contributed by atoms with Crippen LogP contribution in [0.3, 0.4) is 0 Å². The summed E-state index contributed by atoms with van der Waals surface area (Å²) in [4.78, 5) is 0. The van der Waals surface area contributed by atoms with Crippen molar-refractivity contribution < 1.29 is 8.42 Å². The minimum atomic E-state index is -3.00. The molecule has 0 unspecified atom stereocenters. The van der Waals surface area contributed by atoms with Crippen molar-refractivity contribution in [3.05, 3.63) is 0 Å². The average Bonchev–Trinajstić information content (AvgIpc) is 2.11. The van der Waals surface area contributed by atoms with E-state index in [1.165, 1.54) is 0 Å². The van der Waals surface area contributed by atoms with Crippen molar-refractivity contribution in [2.75, 3.05) is 12.3 Å². The summed E-state index contributed by atoms with van der Waals surface area (Å²) in [5.74, 6) is 0.267. The molecule has 104 valence electrons. The molecule has 0 aliphatic rings. The fourth-order valence-electron chi connectivity index (χ4n) is 1.29. The van der Waals surface area contributed by atoms with Crippen molar-refractivity contribution in [2.45, 2.75) is 65.7 Å². The van der Waals surface area contributed by atoms with Gasteiger partial charge in [0.2, 0.25) is 0 Å². The van der Waals surface area contributed by atoms with E-state index in [1.807, 2.05) is 0 Å². The second kappa shape index (κ2) is 5.70. The normalized spacial score (nSPS) is 14.4. The molecule has 0 bridgehead atoms. The summed E-state index contributed by atoms with van der Waals surface area (Å²) in [6, 6.07) is 0.438. The van der Waals surface area contributed by atoms with Gasteiger partial charge in [-0.15, -0.1) is 0 Å². The van der Waals surface area contributed by atoms with E-state index in [0.717, 1.165) is 6.54 Å². The van der Waals surface area contributed by atoms with Gasteiger partial charge in [0.05, 0.1) is 10.5 Å². The lowest BCUT2D eigenvalue weighted by Crippen LogP contribution is -2.37. The third-order valence-corrected chi connectivity index (χ3v) is 5.58. The summed E-state index contributed by atoms with van der Waals surface area (Å²) >= 11 is 0. The van der Waals surface area contributed by atoms with Crippen LogP contribution in [-0.2, 0) is 9.84 Å². The van der Waals surface area contributed by atoms with Crippen molar-refractivity contribution >= 4 is 9.84 Å². The monoisotopic (exact) mass is 263 g/mol. The summed E-state index contributed by atoms with van der Waals surface area (Å²) in [6.45, 7) is 14.6. The lowest BCUT2D eigenvalue weighted by atomic mass is 9.90. The fourth-order valence-corrected chi connectivity index (χ4v) is 2.72. The molecule has 0 aromatic heterocycles. The first-order valence-corrected chi connectivity index (χ1v) is 7.98. The van der Waals surface area contributed by atoms with Crippen LogP contribution in [0.1, 0.15) is 54.9 Å². The zero-order valence-electron chi connectivity index (χ0n) is 12.4. The Bertz CT molecular complexity index is 324. The van der Waals surface area contributed by atoms with E-state index in [2.05, 4.69) is 33.0 Å². The lowest BCUT2D eigenvalue weighted by Gasteiger charge is -2.28. The molecule has 0 spiro atoms. The molecular formula is C13H29NO2S. The average molecular weight is 263 g/mol. The van der Waals surface area contributed by atoms with Gasteiger partial charge in [0.15, 0.2) is 9.84 Å². The van der Waals surface area contributed by atoms with E-state index in [1.54, 1.807) is 20.8 Å². The molecule has 3 nitrogen and oxygen atoms in total. The number of sulfone groups is 1. The molecule has 0 aromatic rings. The molecule has 0 aliphatic carbocycles. The third kappa shape index (κ3) is 6.41. The van der Waals surface area contributed by atoms with Gasteiger partial charge in [0.1, 0.15) is 0 Å². The molecule has 4 heteroatoms. The number of hydrogen-bond acceptors (Lipinski definition) is 3. The van der Waals surface area contributed by atoms with E-state index < -0.39 is 14.6 Å². The third-order valence-electron chi connectivity index (χ3n) is 2.97. The summed E-state index contributed by atoms with van der Waals surface area (Å²) in [6.07, 6.45) is 0.701. The fraction of sp³-hybridized carbons (Fsp3) is 1.00. The number of hydrogen-bond donors (Lipinski definition) is 1. The standard InChI is InChI=1S/C13H29NO2S/c1-11(2)14-10-13(6,7)8-9-17(15,16)12(3,4)5/h11,14H,8-10H2,1-7H3. The van der Waals surface area contributed by atoms with Gasteiger partial charge in [0.25, 0.3) is 0 Å². The van der Waals surface area contributed by atoms with Gasteiger partial charge < -0.3 is 5.32 Å². The van der Waals surface area contributed by atoms with Gasteiger partial charge >= 0.3 is 0 Å². The number of rotatable bonds is 6. The molecule has 0 radical (unpaired) electrons. The van der Waals surface area contributed by atoms with Gasteiger partial charge in [-0.05, 0) is 32.6 Å². The van der Waals surface area contributed by atoms with E-state index in [0.29, 0.717) is 12.5 Å². The highest BCUT2D eigenvalue weighted by Gasteiger charge is 2.31. The van der Waals surface area contributed by atoms with Crippen molar-refractivity contribution in [2.24, 2.45) is 5.41 Å². The predicted octanol–water partition coefficient (Wildman–Crippen LogP) is 2.61. The van der Waals surface area contributed by atoms with E-state index in [4.69, 9.17) is 0 Å². The maximum Gasteiger partial charge on any atom is 0.155 e. The van der Waals surface area contributed by atoms with Crippen molar-refractivity contribution in [3.63, 3.8) is 0 Å². The molecule has 0 saturated carbocycles.